The normalized spacial score (nSPS) is 12.7. The molecule has 1 aromatic heterocycles. The highest BCUT2D eigenvalue weighted by molar-refractivity contribution is 5.61. The number of benzene rings is 1. The highest BCUT2D eigenvalue weighted by Crippen LogP contribution is 2.29. The van der Waals surface area contributed by atoms with Crippen LogP contribution in [0, 0.1) is 19.8 Å². The first-order valence-corrected chi connectivity index (χ1v) is 7.22. The molecule has 2 N–H and O–H groups in total. The van der Waals surface area contributed by atoms with Gasteiger partial charge < -0.3 is 15.0 Å². The van der Waals surface area contributed by atoms with Crippen LogP contribution in [-0.4, -0.2) is 16.7 Å². The van der Waals surface area contributed by atoms with Crippen molar-refractivity contribution < 1.29 is 9.26 Å². The Hall–Kier alpha value is -1.88. The van der Waals surface area contributed by atoms with Crippen molar-refractivity contribution in [1.29, 1.82) is 0 Å². The first kappa shape index (κ1) is 15.5. The van der Waals surface area contributed by atoms with Crippen molar-refractivity contribution in [2.75, 3.05) is 6.61 Å². The van der Waals surface area contributed by atoms with Crippen molar-refractivity contribution in [3.63, 3.8) is 0 Å². The summed E-state index contributed by atoms with van der Waals surface area (Å²) >= 11 is 0. The Kier molecular flexibility index (Phi) is 4.63. The largest absolute Gasteiger partial charge is 0.493 e. The molecule has 114 valence electrons. The van der Waals surface area contributed by atoms with E-state index in [1.807, 2.05) is 32.9 Å². The molecule has 1 aromatic carbocycles. The summed E-state index contributed by atoms with van der Waals surface area (Å²) in [5.74, 6) is 2.43. The van der Waals surface area contributed by atoms with E-state index < -0.39 is 0 Å². The van der Waals surface area contributed by atoms with Gasteiger partial charge in [0.05, 0.1) is 12.6 Å². The lowest BCUT2D eigenvalue weighted by molar-refractivity contribution is 0.268. The fourth-order valence-corrected chi connectivity index (χ4v) is 2.09. The van der Waals surface area contributed by atoms with E-state index in [0.29, 0.717) is 24.2 Å². The van der Waals surface area contributed by atoms with Crippen LogP contribution in [0.2, 0.25) is 0 Å². The summed E-state index contributed by atoms with van der Waals surface area (Å²) in [7, 11) is 0. The monoisotopic (exact) mass is 289 g/mol. The van der Waals surface area contributed by atoms with Crippen molar-refractivity contribution in [2.45, 2.75) is 40.7 Å². The molecule has 0 spiro atoms. The van der Waals surface area contributed by atoms with Gasteiger partial charge in [-0.25, -0.2) is 0 Å². The molecule has 1 atom stereocenters. The van der Waals surface area contributed by atoms with Crippen molar-refractivity contribution in [1.82, 2.24) is 10.1 Å². The third-order valence-corrected chi connectivity index (χ3v) is 3.11. The zero-order chi connectivity index (χ0) is 15.6. The van der Waals surface area contributed by atoms with Crippen LogP contribution in [0.5, 0.6) is 5.75 Å². The van der Waals surface area contributed by atoms with Gasteiger partial charge in [-0.1, -0.05) is 19.0 Å². The number of ether oxygens (including phenoxy) is 1. The van der Waals surface area contributed by atoms with Gasteiger partial charge in [-0.3, -0.25) is 0 Å². The van der Waals surface area contributed by atoms with E-state index in [1.165, 1.54) is 0 Å². The third-order valence-electron chi connectivity index (χ3n) is 3.11. The molecule has 0 saturated carbocycles. The summed E-state index contributed by atoms with van der Waals surface area (Å²) in [5.41, 5.74) is 8.79. The fraction of sp³-hybridized carbons (Fsp3) is 0.500. The maximum atomic E-state index is 5.88. The molecule has 2 aromatic rings. The molecule has 0 fully saturated rings. The van der Waals surface area contributed by atoms with Crippen molar-refractivity contribution in [3.8, 4) is 17.1 Å². The van der Waals surface area contributed by atoms with E-state index in [2.05, 4.69) is 24.0 Å². The first-order valence-electron chi connectivity index (χ1n) is 7.22. The highest BCUT2D eigenvalue weighted by Gasteiger charge is 2.14. The van der Waals surface area contributed by atoms with E-state index in [9.17, 15) is 0 Å². The molecule has 0 aliphatic carbocycles. The van der Waals surface area contributed by atoms with Crippen LogP contribution in [0.4, 0.5) is 0 Å². The topological polar surface area (TPSA) is 74.2 Å². The minimum absolute atomic E-state index is 0.262. The van der Waals surface area contributed by atoms with E-state index in [1.54, 1.807) is 0 Å². The number of rotatable bonds is 5. The fourth-order valence-electron chi connectivity index (χ4n) is 2.09. The highest BCUT2D eigenvalue weighted by atomic mass is 16.5. The van der Waals surface area contributed by atoms with Crippen molar-refractivity contribution in [3.05, 3.63) is 29.2 Å². The van der Waals surface area contributed by atoms with Gasteiger partial charge >= 0.3 is 0 Å². The van der Waals surface area contributed by atoms with E-state index >= 15 is 0 Å². The SMILES string of the molecule is Cc1cc(-c2noc(C(C)N)n2)cc(C)c1OCC(C)C. The second-order valence-electron chi connectivity index (χ2n) is 5.89. The zero-order valence-corrected chi connectivity index (χ0v) is 13.3. The molecule has 0 amide bonds. The molecule has 0 radical (unpaired) electrons. The van der Waals surface area contributed by atoms with Crippen LogP contribution in [0.15, 0.2) is 16.7 Å². The maximum Gasteiger partial charge on any atom is 0.243 e. The first-order chi connectivity index (χ1) is 9.88. The van der Waals surface area contributed by atoms with Crippen LogP contribution < -0.4 is 10.5 Å². The lowest BCUT2D eigenvalue weighted by atomic mass is 10.1. The number of aryl methyl sites for hydroxylation is 2. The second kappa shape index (κ2) is 6.26. The van der Waals surface area contributed by atoms with Crippen molar-refractivity contribution in [2.24, 2.45) is 11.7 Å². The van der Waals surface area contributed by atoms with Crippen LogP contribution >= 0.6 is 0 Å². The average molecular weight is 289 g/mol. The van der Waals surface area contributed by atoms with E-state index in [0.717, 1.165) is 22.4 Å². The lowest BCUT2D eigenvalue weighted by Gasteiger charge is -2.14. The summed E-state index contributed by atoms with van der Waals surface area (Å²) in [4.78, 5) is 4.32. The molecular weight excluding hydrogens is 266 g/mol. The third kappa shape index (κ3) is 3.61. The second-order valence-corrected chi connectivity index (χ2v) is 5.89. The Morgan fingerprint density at radius 2 is 1.81 bits per heavy atom. The molecule has 2 rings (SSSR count). The zero-order valence-electron chi connectivity index (χ0n) is 13.3. The van der Waals surface area contributed by atoms with Gasteiger partial charge in [-0.15, -0.1) is 0 Å². The number of hydrogen-bond donors (Lipinski definition) is 1. The van der Waals surface area contributed by atoms with Gasteiger partial charge in [0.2, 0.25) is 11.7 Å². The molecule has 1 unspecified atom stereocenters. The summed E-state index contributed by atoms with van der Waals surface area (Å²) in [6, 6.07) is 3.76. The Balaban J connectivity index is 2.30. The summed E-state index contributed by atoms with van der Waals surface area (Å²) in [5, 5.41) is 3.99. The Morgan fingerprint density at radius 3 is 2.29 bits per heavy atom. The molecule has 1 heterocycles. The van der Waals surface area contributed by atoms with Gasteiger partial charge in [0, 0.05) is 5.56 Å². The Morgan fingerprint density at radius 1 is 1.19 bits per heavy atom. The quantitative estimate of drug-likeness (QED) is 0.913. The maximum absolute atomic E-state index is 5.88. The predicted octanol–water partition coefficient (Wildman–Crippen LogP) is 3.41. The number of nitrogens with two attached hydrogens (primary N) is 1. The van der Waals surface area contributed by atoms with E-state index in [-0.39, 0.29) is 6.04 Å². The molecular formula is C16H23N3O2. The van der Waals surface area contributed by atoms with Crippen molar-refractivity contribution >= 4 is 0 Å². The number of aromatic nitrogens is 2. The molecule has 0 saturated heterocycles. The summed E-state index contributed by atoms with van der Waals surface area (Å²) < 4.78 is 11.0. The molecule has 0 aliphatic heterocycles. The summed E-state index contributed by atoms with van der Waals surface area (Å²) in [6.07, 6.45) is 0. The number of hydrogen-bond acceptors (Lipinski definition) is 5. The van der Waals surface area contributed by atoms with Crippen LogP contribution in [0.1, 0.15) is 43.8 Å². The van der Waals surface area contributed by atoms with Gasteiger partial charge in [-0.05, 0) is 49.9 Å². The minimum atomic E-state index is -0.262. The predicted molar refractivity (Wildman–Crippen MR) is 82.1 cm³/mol. The minimum Gasteiger partial charge on any atom is -0.493 e. The average Bonchev–Trinajstić information content (AvgIpc) is 2.86. The molecule has 0 bridgehead atoms. The van der Waals surface area contributed by atoms with E-state index in [4.69, 9.17) is 15.0 Å². The standard InChI is InChI=1S/C16H23N3O2/c1-9(2)8-20-14-10(3)6-13(7-11(14)4)15-18-16(12(5)17)21-19-15/h6-7,9,12H,8,17H2,1-5H3. The Bertz CT molecular complexity index is 595. The molecule has 0 aliphatic rings. The van der Waals surface area contributed by atoms with Gasteiger partial charge in [-0.2, -0.15) is 4.98 Å². The van der Waals surface area contributed by atoms with Crippen LogP contribution in [-0.2, 0) is 0 Å². The molecule has 21 heavy (non-hydrogen) atoms. The smallest absolute Gasteiger partial charge is 0.243 e. The van der Waals surface area contributed by atoms with Crippen LogP contribution in [0.3, 0.4) is 0 Å². The molecule has 5 heteroatoms. The lowest BCUT2D eigenvalue weighted by Crippen LogP contribution is -2.07. The van der Waals surface area contributed by atoms with Gasteiger partial charge in [0.25, 0.3) is 0 Å². The Labute approximate surface area is 125 Å². The van der Waals surface area contributed by atoms with Gasteiger partial charge in [0.15, 0.2) is 0 Å². The van der Waals surface area contributed by atoms with Crippen LogP contribution in [0.25, 0.3) is 11.4 Å². The molecule has 5 nitrogen and oxygen atoms in total. The number of nitrogens with zero attached hydrogens (tertiary/aromatic N) is 2. The summed E-state index contributed by atoms with van der Waals surface area (Å²) in [6.45, 7) is 10.8. The van der Waals surface area contributed by atoms with Gasteiger partial charge in [0.1, 0.15) is 5.75 Å².